The number of fused-ring (bicyclic) bond motifs is 2. The van der Waals surface area contributed by atoms with Crippen LogP contribution in [0, 0.1) is 0 Å². The summed E-state index contributed by atoms with van der Waals surface area (Å²) in [6, 6.07) is 25.4. The molecular formula is C39H34BrNO9S. The number of carbonyl (C=O) groups excluding carboxylic acids is 3. The zero-order valence-corrected chi connectivity index (χ0v) is 29.9. The minimum absolute atomic E-state index is 0.114. The first-order valence-electron chi connectivity index (χ1n) is 16.6. The van der Waals surface area contributed by atoms with Crippen molar-refractivity contribution >= 4 is 55.2 Å². The Bertz CT molecular complexity index is 2060. The predicted molar refractivity (Wildman–Crippen MR) is 195 cm³/mol. The summed E-state index contributed by atoms with van der Waals surface area (Å²) in [5.74, 6) is 1.55. The summed E-state index contributed by atoms with van der Waals surface area (Å²) < 4.78 is 30.6. The summed E-state index contributed by atoms with van der Waals surface area (Å²) in [5, 5.41) is 11.0. The number of cyclic esters (lactones) is 2. The summed E-state index contributed by atoms with van der Waals surface area (Å²) in [5.41, 5.74) is 2.34. The van der Waals surface area contributed by atoms with Crippen molar-refractivity contribution in [2.24, 2.45) is 0 Å². The van der Waals surface area contributed by atoms with Crippen molar-refractivity contribution in [2.45, 2.75) is 38.3 Å². The number of esters is 2. The SMILES string of the molecule is O=C1CCC(N2Cc3cc(OCCCOCCCOc4ccc(Oc5c(-c6ccc(Br)cc6)sc6cc(O)ccc56)cc4)ccc3C2=O)C(=O)O1. The minimum atomic E-state index is -0.747. The van der Waals surface area contributed by atoms with Gasteiger partial charge in [-0.25, -0.2) is 4.79 Å². The van der Waals surface area contributed by atoms with Gasteiger partial charge in [-0.2, -0.15) is 0 Å². The van der Waals surface area contributed by atoms with Gasteiger partial charge >= 0.3 is 11.9 Å². The highest BCUT2D eigenvalue weighted by Gasteiger charge is 2.40. The number of halogens is 1. The van der Waals surface area contributed by atoms with Gasteiger partial charge in [-0.1, -0.05) is 28.1 Å². The first kappa shape index (κ1) is 34.5. The molecule has 0 bridgehead atoms. The van der Waals surface area contributed by atoms with Crippen LogP contribution >= 0.6 is 27.3 Å². The minimum Gasteiger partial charge on any atom is -0.508 e. The van der Waals surface area contributed by atoms with E-state index in [1.54, 1.807) is 35.6 Å². The van der Waals surface area contributed by atoms with Crippen LogP contribution in [0.25, 0.3) is 20.5 Å². The van der Waals surface area contributed by atoms with Crippen LogP contribution in [0.3, 0.4) is 0 Å². The fourth-order valence-corrected chi connectivity index (χ4v) is 7.46. The number of hydrogen-bond donors (Lipinski definition) is 1. The lowest BCUT2D eigenvalue weighted by Crippen LogP contribution is -2.45. The number of nitrogens with zero attached hydrogens (tertiary/aromatic N) is 1. The van der Waals surface area contributed by atoms with Crippen LogP contribution in [0.1, 0.15) is 41.6 Å². The van der Waals surface area contributed by atoms with Crippen molar-refractivity contribution in [3.8, 4) is 39.2 Å². The molecule has 1 aromatic heterocycles. The van der Waals surface area contributed by atoms with Gasteiger partial charge < -0.3 is 33.7 Å². The molecule has 0 aliphatic carbocycles. The van der Waals surface area contributed by atoms with E-state index in [4.69, 9.17) is 23.7 Å². The number of benzene rings is 4. The van der Waals surface area contributed by atoms with Crippen LogP contribution < -0.4 is 14.2 Å². The number of thiophene rings is 1. The van der Waals surface area contributed by atoms with Crippen molar-refractivity contribution < 1.29 is 43.2 Å². The highest BCUT2D eigenvalue weighted by molar-refractivity contribution is 9.10. The van der Waals surface area contributed by atoms with Crippen LogP contribution in [0.5, 0.6) is 28.7 Å². The van der Waals surface area contributed by atoms with E-state index in [-0.39, 0.29) is 31.0 Å². The monoisotopic (exact) mass is 771 g/mol. The number of amides is 1. The van der Waals surface area contributed by atoms with Crippen LogP contribution in [0.2, 0.25) is 0 Å². The summed E-state index contributed by atoms with van der Waals surface area (Å²) in [6.45, 7) is 2.31. The fourth-order valence-electron chi connectivity index (χ4n) is 6.03. The number of phenolic OH excluding ortho intramolecular Hbond substituents is 1. The number of carbonyl (C=O) groups is 3. The number of rotatable bonds is 14. The molecule has 1 amide bonds. The van der Waals surface area contributed by atoms with Gasteiger partial charge in [-0.05, 0) is 90.3 Å². The van der Waals surface area contributed by atoms with E-state index in [0.717, 1.165) is 48.5 Å². The van der Waals surface area contributed by atoms with Crippen LogP contribution in [-0.2, 0) is 25.6 Å². The molecular weight excluding hydrogens is 738 g/mol. The normalized spacial score (nSPS) is 15.6. The molecule has 1 saturated heterocycles. The van der Waals surface area contributed by atoms with Crippen molar-refractivity contribution in [2.75, 3.05) is 26.4 Å². The summed E-state index contributed by atoms with van der Waals surface area (Å²) in [4.78, 5) is 38.8. The fraction of sp³-hybridized carbons (Fsp3) is 0.256. The molecule has 7 rings (SSSR count). The van der Waals surface area contributed by atoms with Crippen molar-refractivity contribution in [1.29, 1.82) is 0 Å². The van der Waals surface area contributed by atoms with Gasteiger partial charge in [-0.15, -0.1) is 11.3 Å². The molecule has 2 aliphatic rings. The molecule has 2 aliphatic heterocycles. The van der Waals surface area contributed by atoms with Gasteiger partial charge in [0.15, 0.2) is 5.75 Å². The molecule has 1 fully saturated rings. The number of phenols is 1. The number of hydrogen-bond acceptors (Lipinski definition) is 10. The van der Waals surface area contributed by atoms with Gasteiger partial charge in [0, 0.05) is 59.1 Å². The maximum absolute atomic E-state index is 12.8. The number of ether oxygens (including phenoxy) is 5. The second-order valence-corrected chi connectivity index (χ2v) is 14.1. The average molecular weight is 773 g/mol. The first-order chi connectivity index (χ1) is 24.8. The van der Waals surface area contributed by atoms with E-state index in [9.17, 15) is 19.5 Å². The maximum atomic E-state index is 12.8. The van der Waals surface area contributed by atoms with Gasteiger partial charge in [0.2, 0.25) is 0 Å². The molecule has 1 atom stereocenters. The van der Waals surface area contributed by atoms with E-state index in [2.05, 4.69) is 15.9 Å². The third kappa shape index (κ3) is 8.03. The Morgan fingerprint density at radius 3 is 2.27 bits per heavy atom. The smallest absolute Gasteiger partial charge is 0.336 e. The molecule has 1 unspecified atom stereocenters. The van der Waals surface area contributed by atoms with Crippen LogP contribution in [0.15, 0.2) is 89.4 Å². The molecule has 262 valence electrons. The lowest BCUT2D eigenvalue weighted by Gasteiger charge is -2.28. The van der Waals surface area contributed by atoms with Gasteiger partial charge in [0.25, 0.3) is 5.91 Å². The molecule has 5 aromatic rings. The summed E-state index contributed by atoms with van der Waals surface area (Å²) >= 11 is 5.07. The van der Waals surface area contributed by atoms with E-state index in [1.165, 1.54) is 4.90 Å². The molecule has 4 aromatic carbocycles. The van der Waals surface area contributed by atoms with Crippen molar-refractivity contribution in [3.05, 3.63) is 101 Å². The molecule has 12 heteroatoms. The molecule has 0 spiro atoms. The lowest BCUT2D eigenvalue weighted by atomic mass is 10.1. The zero-order valence-electron chi connectivity index (χ0n) is 27.5. The van der Waals surface area contributed by atoms with E-state index in [0.29, 0.717) is 49.9 Å². The Morgan fingerprint density at radius 2 is 1.53 bits per heavy atom. The molecule has 0 saturated carbocycles. The summed E-state index contributed by atoms with van der Waals surface area (Å²) in [7, 11) is 0. The van der Waals surface area contributed by atoms with Gasteiger partial charge in [-0.3, -0.25) is 9.59 Å². The average Bonchev–Trinajstić information content (AvgIpc) is 3.64. The summed E-state index contributed by atoms with van der Waals surface area (Å²) in [6.07, 6.45) is 1.80. The van der Waals surface area contributed by atoms with Crippen molar-refractivity contribution in [3.63, 3.8) is 0 Å². The predicted octanol–water partition coefficient (Wildman–Crippen LogP) is 8.27. The Morgan fingerprint density at radius 1 is 0.824 bits per heavy atom. The number of aromatic hydroxyl groups is 1. The molecule has 0 radical (unpaired) electrons. The van der Waals surface area contributed by atoms with E-state index < -0.39 is 18.0 Å². The Hall–Kier alpha value is -4.91. The van der Waals surface area contributed by atoms with E-state index in [1.807, 2.05) is 60.7 Å². The first-order valence-corrected chi connectivity index (χ1v) is 18.2. The zero-order chi connectivity index (χ0) is 35.3. The van der Waals surface area contributed by atoms with Gasteiger partial charge in [0.1, 0.15) is 29.0 Å². The van der Waals surface area contributed by atoms with Gasteiger partial charge in [0.05, 0.1) is 18.1 Å². The molecule has 1 N–H and O–H groups in total. The second kappa shape index (κ2) is 15.5. The third-order valence-electron chi connectivity index (χ3n) is 8.57. The Kier molecular flexibility index (Phi) is 10.5. The topological polar surface area (TPSA) is 121 Å². The highest BCUT2D eigenvalue weighted by Crippen LogP contribution is 2.47. The van der Waals surface area contributed by atoms with Crippen molar-refractivity contribution in [1.82, 2.24) is 4.90 Å². The van der Waals surface area contributed by atoms with Crippen LogP contribution in [-0.4, -0.2) is 60.3 Å². The maximum Gasteiger partial charge on any atom is 0.336 e. The third-order valence-corrected chi connectivity index (χ3v) is 10.3. The molecule has 51 heavy (non-hydrogen) atoms. The standard InChI is InChI=1S/C39H34BrNO9S/c40-26-5-3-24(4-6-26)37-36(32-13-7-27(42)22-34(32)51-37)49-29-10-8-28(9-11-29)47-19-1-17-46-18-2-20-48-30-12-14-31-25(21-30)23-41(38(31)44)33-15-16-35(43)50-39(33)45/h3-14,21-22,33,42H,1-2,15-20,23H2. The highest BCUT2D eigenvalue weighted by atomic mass is 79.9. The second-order valence-electron chi connectivity index (χ2n) is 12.1. The molecule has 3 heterocycles. The van der Waals surface area contributed by atoms with E-state index >= 15 is 0 Å². The van der Waals surface area contributed by atoms with Crippen LogP contribution in [0.4, 0.5) is 0 Å². The lowest BCUT2D eigenvalue weighted by molar-refractivity contribution is -0.167. The Balaban J connectivity index is 0.817. The largest absolute Gasteiger partial charge is 0.508 e. The quantitative estimate of drug-likeness (QED) is 0.0676. The Labute approximate surface area is 306 Å². The molecule has 10 nitrogen and oxygen atoms in total.